The van der Waals surface area contributed by atoms with E-state index in [1.165, 1.54) is 17.0 Å². The molecule has 2 amide bonds. The Morgan fingerprint density at radius 1 is 1.00 bits per heavy atom. The zero-order valence-corrected chi connectivity index (χ0v) is 17.0. The molecule has 2 aromatic rings. The second-order valence-corrected chi connectivity index (χ2v) is 7.95. The molecule has 0 saturated carbocycles. The van der Waals surface area contributed by atoms with Gasteiger partial charge in [0.2, 0.25) is 5.91 Å². The average molecular weight is 447 g/mol. The molecular weight excluding hydrogens is 427 g/mol. The average Bonchev–Trinajstić information content (AvgIpc) is 3.21. The van der Waals surface area contributed by atoms with Crippen molar-refractivity contribution in [2.24, 2.45) is 5.92 Å². The lowest BCUT2D eigenvalue weighted by molar-refractivity contribution is -0.384. The number of carbonyl (C=O) groups excluding carboxylic acids is 2. The number of fused-ring (bicyclic) bond motifs is 1. The highest BCUT2D eigenvalue weighted by Crippen LogP contribution is 2.34. The molecule has 0 unspecified atom stereocenters. The van der Waals surface area contributed by atoms with E-state index in [1.54, 1.807) is 11.0 Å². The number of non-ortho nitro benzene ring substituents is 1. The van der Waals surface area contributed by atoms with Crippen LogP contribution in [0, 0.1) is 16.0 Å². The number of benzene rings is 2. The molecule has 2 aliphatic rings. The lowest BCUT2D eigenvalue weighted by Crippen LogP contribution is -2.44. The number of piperidine rings is 1. The van der Waals surface area contributed by atoms with Gasteiger partial charge in [0.05, 0.1) is 16.2 Å². The van der Waals surface area contributed by atoms with E-state index in [1.807, 2.05) is 0 Å². The molecule has 2 heterocycles. The fraction of sp³-hybridized carbons (Fsp3) is 0.364. The predicted molar refractivity (Wildman–Crippen MR) is 109 cm³/mol. The van der Waals surface area contributed by atoms with Gasteiger partial charge in [-0.05, 0) is 49.1 Å². The van der Waals surface area contributed by atoms with Crippen LogP contribution in [0.2, 0.25) is 0 Å². The van der Waals surface area contributed by atoms with Gasteiger partial charge in [-0.3, -0.25) is 19.7 Å². The zero-order chi connectivity index (χ0) is 23.0. The molecule has 32 heavy (non-hydrogen) atoms. The number of nitro benzene ring substituents is 1. The van der Waals surface area contributed by atoms with Gasteiger partial charge in [0.25, 0.3) is 11.6 Å². The quantitative estimate of drug-likeness (QED) is 0.525. The minimum absolute atomic E-state index is 0.0691. The van der Waals surface area contributed by atoms with Gasteiger partial charge < -0.3 is 9.80 Å². The number of hydrogen-bond acceptors (Lipinski definition) is 4. The summed E-state index contributed by atoms with van der Waals surface area (Å²) in [6, 6.07) is 8.61. The summed E-state index contributed by atoms with van der Waals surface area (Å²) in [7, 11) is 0. The largest absolute Gasteiger partial charge is 0.416 e. The first-order valence-electron chi connectivity index (χ1n) is 10.2. The van der Waals surface area contributed by atoms with Gasteiger partial charge >= 0.3 is 6.18 Å². The molecule has 0 N–H and O–H groups in total. The molecule has 0 bridgehead atoms. The second-order valence-electron chi connectivity index (χ2n) is 7.95. The normalized spacial score (nSPS) is 16.7. The van der Waals surface area contributed by atoms with Gasteiger partial charge in [-0.2, -0.15) is 13.2 Å². The van der Waals surface area contributed by atoms with Crippen molar-refractivity contribution in [3.05, 3.63) is 69.3 Å². The summed E-state index contributed by atoms with van der Waals surface area (Å²) < 4.78 is 38.1. The zero-order valence-electron chi connectivity index (χ0n) is 17.0. The summed E-state index contributed by atoms with van der Waals surface area (Å²) in [5.74, 6) is -0.811. The third-order valence-electron chi connectivity index (χ3n) is 6.03. The third-order valence-corrected chi connectivity index (χ3v) is 6.03. The number of anilines is 1. The van der Waals surface area contributed by atoms with Crippen molar-refractivity contribution in [1.82, 2.24) is 4.90 Å². The Morgan fingerprint density at radius 2 is 1.66 bits per heavy atom. The molecule has 7 nitrogen and oxygen atoms in total. The van der Waals surface area contributed by atoms with E-state index in [4.69, 9.17) is 0 Å². The standard InChI is InChI=1S/C22H20F3N3O4/c23-22(24,25)17-4-1-15(2-5-17)20(29)26-10-7-16(8-11-26)21(30)27-12-9-14-3-6-18(28(31)32)13-19(14)27/h1-6,13,16H,7-12H2. The maximum Gasteiger partial charge on any atom is 0.416 e. The first-order valence-corrected chi connectivity index (χ1v) is 10.2. The Bertz CT molecular complexity index is 1060. The molecule has 1 fully saturated rings. The van der Waals surface area contributed by atoms with E-state index in [-0.39, 0.29) is 29.0 Å². The fourth-order valence-electron chi connectivity index (χ4n) is 4.24. The Kier molecular flexibility index (Phi) is 5.62. The van der Waals surface area contributed by atoms with Gasteiger partial charge in [0.1, 0.15) is 0 Å². The van der Waals surface area contributed by atoms with Gasteiger partial charge in [-0.15, -0.1) is 0 Å². The van der Waals surface area contributed by atoms with E-state index in [2.05, 4.69) is 0 Å². The van der Waals surface area contributed by atoms with Crippen LogP contribution in [0.3, 0.4) is 0 Å². The summed E-state index contributed by atoms with van der Waals surface area (Å²) in [5.41, 5.74) is 0.736. The molecule has 2 aliphatic heterocycles. The molecule has 2 aromatic carbocycles. The fourth-order valence-corrected chi connectivity index (χ4v) is 4.24. The lowest BCUT2D eigenvalue weighted by atomic mass is 9.94. The molecule has 0 aliphatic carbocycles. The highest BCUT2D eigenvalue weighted by atomic mass is 19.4. The highest BCUT2D eigenvalue weighted by Gasteiger charge is 2.35. The van der Waals surface area contributed by atoms with E-state index in [0.717, 1.165) is 29.8 Å². The van der Waals surface area contributed by atoms with E-state index < -0.39 is 16.7 Å². The molecular formula is C22H20F3N3O4. The number of carbonyl (C=O) groups is 2. The van der Waals surface area contributed by atoms with Gasteiger partial charge in [0.15, 0.2) is 0 Å². The maximum atomic E-state index is 13.1. The van der Waals surface area contributed by atoms with Gasteiger partial charge in [-0.25, -0.2) is 0 Å². The number of amides is 2. The first kappa shape index (κ1) is 21.8. The molecule has 168 valence electrons. The predicted octanol–water partition coefficient (Wildman–Crippen LogP) is 4.06. The van der Waals surface area contributed by atoms with E-state index in [0.29, 0.717) is 44.6 Å². The Labute approximate surface area is 181 Å². The second kappa shape index (κ2) is 8.25. The third kappa shape index (κ3) is 4.17. The number of alkyl halides is 3. The van der Waals surface area contributed by atoms with Gasteiger partial charge in [-0.1, -0.05) is 6.07 Å². The number of hydrogen-bond donors (Lipinski definition) is 0. The maximum absolute atomic E-state index is 13.1. The molecule has 10 heteroatoms. The molecule has 0 aromatic heterocycles. The van der Waals surface area contributed by atoms with E-state index in [9.17, 15) is 32.9 Å². The van der Waals surface area contributed by atoms with Crippen molar-refractivity contribution < 1.29 is 27.7 Å². The van der Waals surface area contributed by atoms with Crippen molar-refractivity contribution >= 4 is 23.2 Å². The lowest BCUT2D eigenvalue weighted by Gasteiger charge is -2.33. The Morgan fingerprint density at radius 3 is 2.25 bits per heavy atom. The van der Waals surface area contributed by atoms with Crippen molar-refractivity contribution in [2.75, 3.05) is 24.5 Å². The SMILES string of the molecule is O=C(c1ccc(C(F)(F)F)cc1)N1CCC(C(=O)N2CCc3ccc([N+](=O)[O-])cc32)CC1. The smallest absolute Gasteiger partial charge is 0.339 e. The number of nitrogens with zero attached hydrogens (tertiary/aromatic N) is 3. The van der Waals surface area contributed by atoms with Crippen LogP contribution in [0.1, 0.15) is 34.3 Å². The molecule has 1 saturated heterocycles. The van der Waals surface area contributed by atoms with Crippen molar-refractivity contribution in [2.45, 2.75) is 25.4 Å². The molecule has 4 rings (SSSR count). The summed E-state index contributed by atoms with van der Waals surface area (Å²) in [6.07, 6.45) is -2.99. The Balaban J connectivity index is 1.39. The number of likely N-dealkylation sites (tertiary alicyclic amines) is 1. The van der Waals surface area contributed by atoms with Crippen LogP contribution in [0.25, 0.3) is 0 Å². The highest BCUT2D eigenvalue weighted by molar-refractivity contribution is 5.98. The summed E-state index contributed by atoms with van der Waals surface area (Å²) in [6.45, 7) is 1.08. The minimum atomic E-state index is -4.46. The molecule has 0 radical (unpaired) electrons. The summed E-state index contributed by atoms with van der Waals surface area (Å²) >= 11 is 0. The van der Waals surface area contributed by atoms with Crippen molar-refractivity contribution in [3.63, 3.8) is 0 Å². The Hall–Kier alpha value is -3.43. The van der Waals surface area contributed by atoms with Crippen molar-refractivity contribution in [3.8, 4) is 0 Å². The van der Waals surface area contributed by atoms with Crippen LogP contribution in [-0.4, -0.2) is 41.3 Å². The molecule has 0 spiro atoms. The minimum Gasteiger partial charge on any atom is -0.339 e. The van der Waals surface area contributed by atoms with Crippen LogP contribution in [-0.2, 0) is 17.4 Å². The number of rotatable bonds is 3. The number of halogens is 3. The van der Waals surface area contributed by atoms with Crippen LogP contribution in [0.5, 0.6) is 0 Å². The van der Waals surface area contributed by atoms with E-state index >= 15 is 0 Å². The topological polar surface area (TPSA) is 83.8 Å². The monoisotopic (exact) mass is 447 g/mol. The molecule has 0 atom stereocenters. The van der Waals surface area contributed by atoms with Gasteiger partial charge in [0, 0.05) is 43.2 Å². The number of nitro groups is 1. The van der Waals surface area contributed by atoms with Crippen molar-refractivity contribution in [1.29, 1.82) is 0 Å². The summed E-state index contributed by atoms with van der Waals surface area (Å²) in [4.78, 5) is 39.4. The van der Waals surface area contributed by atoms with Crippen LogP contribution >= 0.6 is 0 Å². The van der Waals surface area contributed by atoms with Crippen LogP contribution in [0.15, 0.2) is 42.5 Å². The van der Waals surface area contributed by atoms with Crippen LogP contribution in [0.4, 0.5) is 24.5 Å². The summed E-state index contributed by atoms with van der Waals surface area (Å²) in [5, 5.41) is 11.1. The first-order chi connectivity index (χ1) is 15.1. The van der Waals surface area contributed by atoms with Crippen LogP contribution < -0.4 is 4.90 Å².